The molecule has 0 nitrogen and oxygen atoms in total. The van der Waals surface area contributed by atoms with Gasteiger partial charge in [0.1, 0.15) is 0 Å². The molecule has 0 aromatic heterocycles. The summed E-state index contributed by atoms with van der Waals surface area (Å²) in [4.78, 5) is 0. The summed E-state index contributed by atoms with van der Waals surface area (Å²) in [6.45, 7) is 5.01. The smallest absolute Gasteiger partial charge is 0.147 e. The number of hydrogen-bond donors (Lipinski definition) is 0. The molecule has 10 heterocycles. The van der Waals surface area contributed by atoms with Gasteiger partial charge in [-0.3, -0.25) is 0 Å². The standard InChI is InChI=1S/2C8H11.2ClH.Hf/c2*1-2-5-8-6-3-4-7-8;;;/h2*3-4,6-7H,2,5H2,1H3;2*1H;. The van der Waals surface area contributed by atoms with Gasteiger partial charge in [0.05, 0.1) is 0 Å². The molecule has 10 fully saturated rings. The van der Waals surface area contributed by atoms with E-state index in [2.05, 4.69) is 13.8 Å². The molecule has 10 rings (SSSR count). The molecule has 3 heteroatoms. The van der Waals surface area contributed by atoms with Crippen molar-refractivity contribution in [2.45, 2.75) is 75.3 Å². The second kappa shape index (κ2) is 0.886. The first-order chi connectivity index (χ1) is 8.05. The monoisotopic (exact) mass is 466 g/mol. The van der Waals surface area contributed by atoms with E-state index < -0.39 is 11.2 Å². The van der Waals surface area contributed by atoms with Gasteiger partial charge in [0.25, 0.3) is 0 Å². The van der Waals surface area contributed by atoms with Crippen LogP contribution in [0.15, 0.2) is 0 Å². The molecule has 0 N–H and O–H groups in total. The Morgan fingerprint density at radius 1 is 0.684 bits per heavy atom. The second-order valence-corrected chi connectivity index (χ2v) is 90.9. The van der Waals surface area contributed by atoms with E-state index >= 15 is 0 Å². The Labute approximate surface area is 110 Å². The van der Waals surface area contributed by atoms with E-state index in [1.807, 2.05) is 0 Å². The van der Waals surface area contributed by atoms with Crippen LogP contribution in [0, 0.1) is 0 Å². The van der Waals surface area contributed by atoms with Crippen LogP contribution in [0.2, 0.25) is 35.7 Å². The van der Waals surface area contributed by atoms with E-state index in [0.717, 1.165) is 0 Å². The van der Waals surface area contributed by atoms with Crippen molar-refractivity contribution >= 4 is 24.8 Å². The third kappa shape index (κ3) is 0.107. The van der Waals surface area contributed by atoms with Crippen molar-refractivity contribution in [3.8, 4) is 0 Å². The van der Waals surface area contributed by atoms with Crippen LogP contribution in [-0.2, 0) is 11.2 Å². The van der Waals surface area contributed by atoms with Crippen molar-refractivity contribution in [2.75, 3.05) is 0 Å². The molecule has 8 unspecified atom stereocenters. The van der Waals surface area contributed by atoms with Gasteiger partial charge in [-0.2, -0.15) is 0 Å². The average molecular weight is 466 g/mol. The Morgan fingerprint density at radius 2 is 1.00 bits per heavy atom. The van der Waals surface area contributed by atoms with Gasteiger partial charge in [0.15, 0.2) is 0 Å². The number of rotatable bonds is 4. The maximum atomic E-state index is 2.50. The minimum atomic E-state index is -3.41. The molecule has 0 amide bonds. The Hall–Kier alpha value is 1.45. The van der Waals surface area contributed by atoms with E-state index in [0.29, 0.717) is 0 Å². The van der Waals surface area contributed by atoms with Crippen LogP contribution in [0.4, 0.5) is 0 Å². The quantitative estimate of drug-likeness (QED) is 0.412. The minimum absolute atomic E-state index is 0. The van der Waals surface area contributed by atoms with Gasteiger partial charge in [-0.05, 0) is 0 Å². The van der Waals surface area contributed by atoms with Gasteiger partial charge >= 0.3 is 86.4 Å². The van der Waals surface area contributed by atoms with Gasteiger partial charge in [-0.25, -0.2) is 0 Å². The summed E-state index contributed by atoms with van der Waals surface area (Å²) in [5.74, 6) is 0. The first-order valence-electron chi connectivity index (χ1n) is 9.09. The minimum Gasteiger partial charge on any atom is -0.147 e. The average Bonchev–Trinajstić information content (AvgIpc) is 3.24. The van der Waals surface area contributed by atoms with Crippen molar-refractivity contribution in [3.05, 3.63) is 0 Å². The summed E-state index contributed by atoms with van der Waals surface area (Å²) < 4.78 is 15.1. The van der Waals surface area contributed by atoms with Crippen molar-refractivity contribution in [3.63, 3.8) is 0 Å². The van der Waals surface area contributed by atoms with Gasteiger partial charge in [-0.15, -0.1) is 24.8 Å². The van der Waals surface area contributed by atoms with Crippen LogP contribution in [0.1, 0.15) is 39.5 Å². The van der Waals surface area contributed by atoms with E-state index in [1.165, 1.54) is 6.34 Å². The SMILES string of the molecule is CCC[C]12[CH]3[CH]4[CH]5[CH]1[Hf]45321678[CH]2[CH]1[CH]6[C]7(CCC)[CH]28.Cl.Cl. The fraction of sp³-hybridized carbons (Fsp3) is 1.00. The van der Waals surface area contributed by atoms with Crippen LogP contribution in [0.5, 0.6) is 0 Å². The van der Waals surface area contributed by atoms with Crippen LogP contribution >= 0.6 is 24.8 Å². The summed E-state index contributed by atoms with van der Waals surface area (Å²) >= 11 is -3.41. The zero-order valence-corrected chi connectivity index (χ0v) is 17.0. The summed E-state index contributed by atoms with van der Waals surface area (Å²) in [7, 11) is 0. The third-order valence-corrected chi connectivity index (χ3v) is 166. The Morgan fingerprint density at radius 3 is 1.21 bits per heavy atom. The predicted molar refractivity (Wildman–Crippen MR) is 79.7 cm³/mol. The van der Waals surface area contributed by atoms with E-state index in [1.54, 1.807) is 55.1 Å². The molecule has 0 aromatic rings. The molecule has 10 aliphatic heterocycles. The zero-order chi connectivity index (χ0) is 10.8. The van der Waals surface area contributed by atoms with Crippen LogP contribution < -0.4 is 0 Å². The molecule has 1 spiro atoms. The van der Waals surface area contributed by atoms with Crippen LogP contribution in [0.25, 0.3) is 0 Å². The maximum absolute atomic E-state index is 3.41. The summed E-state index contributed by atoms with van der Waals surface area (Å²) in [5.41, 5.74) is 0. The first-order valence-corrected chi connectivity index (χ1v) is 29.3. The first kappa shape index (κ1) is 10.3. The molecule has 0 radical (unpaired) electrons. The molecule has 106 valence electrons. The topological polar surface area (TPSA) is 0 Å². The molecule has 10 saturated heterocycles. The number of halogens is 2. The van der Waals surface area contributed by atoms with E-state index in [9.17, 15) is 0 Å². The van der Waals surface area contributed by atoms with Gasteiger partial charge in [0, 0.05) is 0 Å². The molecule has 0 aromatic carbocycles. The summed E-state index contributed by atoms with van der Waals surface area (Å²) in [5, 5.41) is 0. The van der Waals surface area contributed by atoms with Gasteiger partial charge in [0.2, 0.25) is 0 Å². The van der Waals surface area contributed by atoms with Crippen LogP contribution in [-0.4, -0.2) is 0 Å². The maximum Gasteiger partial charge on any atom is -0.147 e. The molecule has 0 aliphatic carbocycles. The van der Waals surface area contributed by atoms with E-state index in [4.69, 9.17) is 0 Å². The number of fused-ring (bicyclic) bond motifs is 10. The molecule has 0 saturated carbocycles. The summed E-state index contributed by atoms with van der Waals surface area (Å²) in [6, 6.07) is 0. The Kier molecular flexibility index (Phi) is 0.479. The predicted octanol–water partition coefficient (Wildman–Crippen LogP) is 6.56. The largest absolute Gasteiger partial charge is 0.147 e. The van der Waals surface area contributed by atoms with Gasteiger partial charge < -0.3 is 0 Å². The van der Waals surface area contributed by atoms with E-state index in [-0.39, 0.29) is 24.8 Å². The summed E-state index contributed by atoms with van der Waals surface area (Å²) in [6.07, 6.45) is 6.63. The third-order valence-electron chi connectivity index (χ3n) is 22.5. The fourth-order valence-electron chi connectivity index (χ4n) is 28.1. The molecular formula is C16H24Cl2Hf. The molecule has 0 bridgehead atoms. The zero-order valence-electron chi connectivity index (χ0n) is 11.8. The Bertz CT molecular complexity index is 889. The molecule has 8 atom stereocenters. The van der Waals surface area contributed by atoms with Crippen molar-refractivity contribution in [1.29, 1.82) is 0 Å². The Balaban J connectivity index is 0.000000376. The van der Waals surface area contributed by atoms with Gasteiger partial charge in [-0.1, -0.05) is 0 Å². The molecular weight excluding hydrogens is 442 g/mol. The molecule has 19 heavy (non-hydrogen) atoms. The van der Waals surface area contributed by atoms with Crippen LogP contribution in [0.3, 0.4) is 0 Å². The second-order valence-electron chi connectivity index (χ2n) is 14.7. The fourth-order valence-corrected chi connectivity index (χ4v) is 426. The van der Waals surface area contributed by atoms with Crippen molar-refractivity contribution < 1.29 is 11.2 Å². The number of hydrogen-bond acceptors (Lipinski definition) is 0. The van der Waals surface area contributed by atoms with Crippen molar-refractivity contribution in [1.82, 2.24) is 0 Å². The normalized spacial score (nSPS) is 111. The van der Waals surface area contributed by atoms with Crippen molar-refractivity contribution in [2.24, 2.45) is 0 Å². The molecule has 10 aliphatic rings.